The lowest BCUT2D eigenvalue weighted by Gasteiger charge is -2.09. The van der Waals surface area contributed by atoms with Gasteiger partial charge in [-0.05, 0) is 6.07 Å². The highest BCUT2D eigenvalue weighted by Gasteiger charge is 2.09. The third-order valence-corrected chi connectivity index (χ3v) is 2.61. The van der Waals surface area contributed by atoms with Gasteiger partial charge in [-0.1, -0.05) is 0 Å². The molecule has 0 saturated heterocycles. The van der Waals surface area contributed by atoms with E-state index >= 15 is 0 Å². The fourth-order valence-corrected chi connectivity index (χ4v) is 1.74. The van der Waals surface area contributed by atoms with Crippen LogP contribution in [0.1, 0.15) is 0 Å². The Labute approximate surface area is 104 Å². The van der Waals surface area contributed by atoms with Gasteiger partial charge in [0, 0.05) is 25.2 Å². The van der Waals surface area contributed by atoms with Crippen LogP contribution in [0.25, 0.3) is 10.9 Å². The quantitative estimate of drug-likeness (QED) is 0.602. The molecule has 0 saturated carbocycles. The van der Waals surface area contributed by atoms with Gasteiger partial charge in [0.2, 0.25) is 0 Å². The van der Waals surface area contributed by atoms with E-state index in [-0.39, 0.29) is 0 Å². The van der Waals surface area contributed by atoms with Crippen LogP contribution in [0.3, 0.4) is 0 Å². The van der Waals surface area contributed by atoms with Gasteiger partial charge in [0.15, 0.2) is 17.0 Å². The molecule has 1 aromatic heterocycles. The predicted molar refractivity (Wildman–Crippen MR) is 68.9 cm³/mol. The molecule has 0 aliphatic heterocycles. The summed E-state index contributed by atoms with van der Waals surface area (Å²) in [6, 6.07) is 3.63. The van der Waals surface area contributed by atoms with E-state index in [9.17, 15) is 0 Å². The second-order valence-electron chi connectivity index (χ2n) is 3.64. The van der Waals surface area contributed by atoms with Gasteiger partial charge in [-0.15, -0.1) is 5.10 Å². The number of ether oxygens (including phenoxy) is 2. The van der Waals surface area contributed by atoms with Crippen LogP contribution in [-0.4, -0.2) is 30.5 Å². The fraction of sp³-hybridized carbons (Fsp3) is 0.250. The van der Waals surface area contributed by atoms with E-state index in [0.717, 1.165) is 10.9 Å². The minimum absolute atomic E-state index is 0.624. The number of rotatable bonds is 3. The molecule has 0 atom stereocenters. The van der Waals surface area contributed by atoms with E-state index in [1.165, 1.54) is 0 Å². The van der Waals surface area contributed by atoms with E-state index in [0.29, 0.717) is 17.0 Å². The summed E-state index contributed by atoms with van der Waals surface area (Å²) in [5.41, 5.74) is 1.42. The van der Waals surface area contributed by atoms with Crippen molar-refractivity contribution >= 4 is 17.6 Å². The molecule has 18 heavy (non-hydrogen) atoms. The molecule has 1 aromatic carbocycles. The summed E-state index contributed by atoms with van der Waals surface area (Å²) in [7, 11) is 5.01. The minimum atomic E-state index is 0.624. The molecule has 0 radical (unpaired) electrons. The molecule has 0 aliphatic carbocycles. The van der Waals surface area contributed by atoms with E-state index in [1.807, 2.05) is 13.1 Å². The van der Waals surface area contributed by atoms with Crippen LogP contribution in [0.15, 0.2) is 28.7 Å². The first-order chi connectivity index (χ1) is 8.71. The van der Waals surface area contributed by atoms with Gasteiger partial charge in [0.05, 0.1) is 26.1 Å². The first-order valence-electron chi connectivity index (χ1n) is 5.28. The van der Waals surface area contributed by atoms with E-state index in [1.54, 1.807) is 31.2 Å². The second-order valence-corrected chi connectivity index (χ2v) is 3.64. The number of fused-ring (bicyclic) bond motifs is 1. The Kier molecular flexibility index (Phi) is 3.27. The number of nitrogens with zero attached hydrogens (tertiary/aromatic N) is 4. The lowest BCUT2D eigenvalue weighted by atomic mass is 10.2. The Morgan fingerprint density at radius 1 is 1.22 bits per heavy atom. The summed E-state index contributed by atoms with van der Waals surface area (Å²) in [6.45, 7) is 3.37. The maximum Gasteiger partial charge on any atom is 0.165 e. The van der Waals surface area contributed by atoms with Crippen LogP contribution in [0.4, 0.5) is 0 Å². The Bertz CT molecular complexity index is 661. The third-order valence-electron chi connectivity index (χ3n) is 2.61. The molecule has 0 fully saturated rings. The first kappa shape index (κ1) is 12.1. The van der Waals surface area contributed by atoms with Gasteiger partial charge in [0.1, 0.15) is 0 Å². The van der Waals surface area contributed by atoms with Crippen molar-refractivity contribution in [3.63, 3.8) is 0 Å². The number of aromatic nitrogens is 2. The number of aryl methyl sites for hydroxylation is 1. The molecule has 0 N–H and O–H groups in total. The summed E-state index contributed by atoms with van der Waals surface area (Å²) in [5.74, 6) is 1.25. The van der Waals surface area contributed by atoms with Gasteiger partial charge in [-0.3, -0.25) is 0 Å². The molecule has 0 aliphatic rings. The number of methoxy groups -OCH3 is 2. The maximum atomic E-state index is 5.27. The van der Waals surface area contributed by atoms with Crippen LogP contribution >= 0.6 is 0 Å². The van der Waals surface area contributed by atoms with Crippen LogP contribution in [0.2, 0.25) is 0 Å². The fourth-order valence-electron chi connectivity index (χ4n) is 1.74. The highest BCUT2D eigenvalue weighted by molar-refractivity contribution is 5.81. The number of benzene rings is 1. The molecule has 94 valence electrons. The summed E-state index contributed by atoms with van der Waals surface area (Å²) in [4.78, 5) is 4.31. The monoisotopic (exact) mass is 246 g/mol. The molecular formula is C12H14N4O2. The molecule has 0 amide bonds. The highest BCUT2D eigenvalue weighted by Crippen LogP contribution is 2.29. The zero-order chi connectivity index (χ0) is 13.1. The second kappa shape index (κ2) is 4.87. The topological polar surface area (TPSA) is 61.0 Å². The predicted octanol–water partition coefficient (Wildman–Crippen LogP) is 1.11. The Balaban J connectivity index is 2.89. The van der Waals surface area contributed by atoms with E-state index in [2.05, 4.69) is 21.9 Å². The molecule has 0 bridgehead atoms. The van der Waals surface area contributed by atoms with Crippen LogP contribution in [0.5, 0.6) is 11.5 Å². The first-order valence-corrected chi connectivity index (χ1v) is 5.28. The average molecular weight is 246 g/mol. The summed E-state index contributed by atoms with van der Waals surface area (Å²) < 4.78 is 12.3. The van der Waals surface area contributed by atoms with Crippen LogP contribution < -0.4 is 15.0 Å². The van der Waals surface area contributed by atoms with E-state index in [4.69, 9.17) is 9.47 Å². The molecule has 0 unspecified atom stereocenters. The normalized spacial score (nSPS) is 11.6. The zero-order valence-electron chi connectivity index (χ0n) is 10.5. The standard InChI is InChI=1S/C12H14N4O2/c1-13-15-12-8-5-10(17-3)11(18-4)6-9(8)14-7-16(12)2/h5-7H,1H2,2-4H3. The largest absolute Gasteiger partial charge is 0.493 e. The molecule has 6 nitrogen and oxygen atoms in total. The molecule has 2 rings (SSSR count). The summed E-state index contributed by atoms with van der Waals surface area (Å²) in [5, 5.41) is 8.40. The SMILES string of the molecule is C=NN=c1c2cc(OC)c(OC)cc2ncn1C. The average Bonchev–Trinajstić information content (AvgIpc) is 2.40. The zero-order valence-corrected chi connectivity index (χ0v) is 10.5. The van der Waals surface area contributed by atoms with Crippen molar-refractivity contribution in [2.45, 2.75) is 0 Å². The van der Waals surface area contributed by atoms with Gasteiger partial charge >= 0.3 is 0 Å². The smallest absolute Gasteiger partial charge is 0.165 e. The summed E-state index contributed by atoms with van der Waals surface area (Å²) in [6.07, 6.45) is 1.66. The Morgan fingerprint density at radius 3 is 2.50 bits per heavy atom. The molecule has 6 heteroatoms. The van der Waals surface area contributed by atoms with Crippen LogP contribution in [-0.2, 0) is 7.05 Å². The van der Waals surface area contributed by atoms with Gasteiger partial charge in [-0.25, -0.2) is 4.98 Å². The van der Waals surface area contributed by atoms with Gasteiger partial charge < -0.3 is 14.0 Å². The number of hydrogen-bond acceptors (Lipinski definition) is 5. The van der Waals surface area contributed by atoms with Crippen molar-refractivity contribution in [2.24, 2.45) is 17.3 Å². The van der Waals surface area contributed by atoms with Crippen LogP contribution in [0, 0.1) is 0 Å². The lowest BCUT2D eigenvalue weighted by Crippen LogP contribution is -2.18. The Hall–Kier alpha value is -2.37. The minimum Gasteiger partial charge on any atom is -0.493 e. The Morgan fingerprint density at radius 2 is 1.89 bits per heavy atom. The van der Waals surface area contributed by atoms with Crippen molar-refractivity contribution < 1.29 is 9.47 Å². The third kappa shape index (κ3) is 1.92. The lowest BCUT2D eigenvalue weighted by molar-refractivity contribution is 0.355. The van der Waals surface area contributed by atoms with Gasteiger partial charge in [0.25, 0.3) is 0 Å². The molecular weight excluding hydrogens is 232 g/mol. The molecule has 1 heterocycles. The maximum absolute atomic E-state index is 5.27. The van der Waals surface area contributed by atoms with Gasteiger partial charge in [-0.2, -0.15) is 5.10 Å². The number of hydrogen-bond donors (Lipinski definition) is 0. The molecule has 2 aromatic rings. The van der Waals surface area contributed by atoms with Crippen molar-refractivity contribution in [1.29, 1.82) is 0 Å². The summed E-state index contributed by atoms with van der Waals surface area (Å²) >= 11 is 0. The van der Waals surface area contributed by atoms with Crippen molar-refractivity contribution in [3.05, 3.63) is 23.9 Å². The highest BCUT2D eigenvalue weighted by atomic mass is 16.5. The van der Waals surface area contributed by atoms with Crippen molar-refractivity contribution in [2.75, 3.05) is 14.2 Å². The molecule has 0 spiro atoms. The van der Waals surface area contributed by atoms with Crippen molar-refractivity contribution in [3.8, 4) is 11.5 Å². The van der Waals surface area contributed by atoms with Crippen molar-refractivity contribution in [1.82, 2.24) is 9.55 Å². The van der Waals surface area contributed by atoms with E-state index < -0.39 is 0 Å².